The summed E-state index contributed by atoms with van der Waals surface area (Å²) >= 11 is 0. The standard InChI is InChI=1S/C12H14N2O2/c15-10-6-5-9(12(16)13-8-3-4-8)14-11(10)7-1-2-7/h5-8,15H,1-4H2,(H,13,16). The van der Waals surface area contributed by atoms with E-state index < -0.39 is 0 Å². The summed E-state index contributed by atoms with van der Waals surface area (Å²) < 4.78 is 0. The van der Waals surface area contributed by atoms with Crippen molar-refractivity contribution in [1.82, 2.24) is 10.3 Å². The number of hydrogen-bond donors (Lipinski definition) is 2. The molecule has 2 fully saturated rings. The van der Waals surface area contributed by atoms with Gasteiger partial charge in [-0.3, -0.25) is 4.79 Å². The van der Waals surface area contributed by atoms with Crippen LogP contribution in [-0.2, 0) is 0 Å². The molecule has 0 bridgehead atoms. The molecule has 0 radical (unpaired) electrons. The maximum absolute atomic E-state index is 11.7. The summed E-state index contributed by atoms with van der Waals surface area (Å²) in [5.41, 5.74) is 1.11. The Balaban J connectivity index is 1.82. The fourth-order valence-corrected chi connectivity index (χ4v) is 1.74. The Kier molecular flexibility index (Phi) is 2.09. The van der Waals surface area contributed by atoms with Crippen LogP contribution in [0.2, 0.25) is 0 Å². The average Bonchev–Trinajstić information content (AvgIpc) is 3.13. The third-order valence-electron chi connectivity index (χ3n) is 3.01. The SMILES string of the molecule is O=C(NC1CC1)c1ccc(O)c(C2CC2)n1. The van der Waals surface area contributed by atoms with Gasteiger partial charge < -0.3 is 10.4 Å². The maximum atomic E-state index is 11.7. The van der Waals surface area contributed by atoms with Gasteiger partial charge in [-0.25, -0.2) is 4.98 Å². The molecule has 0 spiro atoms. The van der Waals surface area contributed by atoms with E-state index in [0.717, 1.165) is 25.7 Å². The molecule has 1 heterocycles. The quantitative estimate of drug-likeness (QED) is 0.809. The predicted molar refractivity (Wildman–Crippen MR) is 58.4 cm³/mol. The van der Waals surface area contributed by atoms with E-state index in [-0.39, 0.29) is 11.7 Å². The number of carbonyl (C=O) groups excluding carboxylic acids is 1. The van der Waals surface area contributed by atoms with Crippen molar-refractivity contribution in [3.63, 3.8) is 0 Å². The molecule has 1 aromatic rings. The molecule has 84 valence electrons. The number of aromatic nitrogens is 1. The van der Waals surface area contributed by atoms with Gasteiger partial charge >= 0.3 is 0 Å². The van der Waals surface area contributed by atoms with Crippen molar-refractivity contribution in [2.45, 2.75) is 37.6 Å². The first-order valence-electron chi connectivity index (χ1n) is 5.75. The molecule has 16 heavy (non-hydrogen) atoms. The van der Waals surface area contributed by atoms with Gasteiger partial charge in [0.05, 0.1) is 5.69 Å². The minimum atomic E-state index is -0.121. The highest BCUT2D eigenvalue weighted by Gasteiger charge is 2.29. The van der Waals surface area contributed by atoms with Crippen molar-refractivity contribution in [2.75, 3.05) is 0 Å². The normalized spacial score (nSPS) is 19.5. The van der Waals surface area contributed by atoms with E-state index in [1.165, 1.54) is 0 Å². The molecule has 0 aromatic carbocycles. The van der Waals surface area contributed by atoms with Gasteiger partial charge in [0, 0.05) is 12.0 Å². The Bertz CT molecular complexity index is 437. The van der Waals surface area contributed by atoms with Gasteiger partial charge in [-0.05, 0) is 37.8 Å². The van der Waals surface area contributed by atoms with E-state index in [4.69, 9.17) is 0 Å². The highest BCUT2D eigenvalue weighted by atomic mass is 16.3. The Morgan fingerprint density at radius 1 is 1.31 bits per heavy atom. The second-order valence-corrected chi connectivity index (χ2v) is 4.62. The first-order valence-corrected chi connectivity index (χ1v) is 5.75. The molecule has 0 aliphatic heterocycles. The van der Waals surface area contributed by atoms with Crippen LogP contribution in [0.4, 0.5) is 0 Å². The van der Waals surface area contributed by atoms with Crippen LogP contribution in [0.1, 0.15) is 47.8 Å². The van der Waals surface area contributed by atoms with Crippen molar-refractivity contribution in [3.05, 3.63) is 23.5 Å². The average molecular weight is 218 g/mol. The van der Waals surface area contributed by atoms with Crippen LogP contribution in [0.5, 0.6) is 5.75 Å². The van der Waals surface area contributed by atoms with E-state index in [1.807, 2.05) is 0 Å². The molecule has 1 amide bonds. The van der Waals surface area contributed by atoms with Crippen molar-refractivity contribution in [1.29, 1.82) is 0 Å². The molecule has 2 saturated carbocycles. The molecule has 4 heteroatoms. The Labute approximate surface area is 93.7 Å². The van der Waals surface area contributed by atoms with Gasteiger partial charge in [0.25, 0.3) is 5.91 Å². The minimum absolute atomic E-state index is 0.121. The van der Waals surface area contributed by atoms with Crippen molar-refractivity contribution in [2.24, 2.45) is 0 Å². The Hall–Kier alpha value is -1.58. The van der Waals surface area contributed by atoms with Crippen molar-refractivity contribution < 1.29 is 9.90 Å². The van der Waals surface area contributed by atoms with Crippen molar-refractivity contribution >= 4 is 5.91 Å². The number of hydrogen-bond acceptors (Lipinski definition) is 3. The van der Waals surface area contributed by atoms with E-state index in [2.05, 4.69) is 10.3 Å². The second kappa shape index (κ2) is 3.47. The summed E-state index contributed by atoms with van der Waals surface area (Å²) in [6, 6.07) is 3.49. The Morgan fingerprint density at radius 3 is 2.69 bits per heavy atom. The van der Waals surface area contributed by atoms with E-state index in [1.54, 1.807) is 12.1 Å². The molecule has 1 aromatic heterocycles. The van der Waals surface area contributed by atoms with Gasteiger partial charge in [-0.1, -0.05) is 0 Å². The van der Waals surface area contributed by atoms with Crippen LogP contribution in [0, 0.1) is 0 Å². The zero-order chi connectivity index (χ0) is 11.1. The minimum Gasteiger partial charge on any atom is -0.506 e. The topological polar surface area (TPSA) is 62.2 Å². The Morgan fingerprint density at radius 2 is 2.06 bits per heavy atom. The van der Waals surface area contributed by atoms with E-state index >= 15 is 0 Å². The summed E-state index contributed by atoms with van der Waals surface area (Å²) in [6.45, 7) is 0. The van der Waals surface area contributed by atoms with Crippen LogP contribution in [0.15, 0.2) is 12.1 Å². The molecule has 2 aliphatic rings. The molecular weight excluding hydrogens is 204 g/mol. The van der Waals surface area contributed by atoms with Crippen LogP contribution in [0.25, 0.3) is 0 Å². The van der Waals surface area contributed by atoms with Gasteiger partial charge in [-0.15, -0.1) is 0 Å². The number of amides is 1. The van der Waals surface area contributed by atoms with Crippen LogP contribution < -0.4 is 5.32 Å². The van der Waals surface area contributed by atoms with Crippen molar-refractivity contribution in [3.8, 4) is 5.75 Å². The smallest absolute Gasteiger partial charge is 0.270 e. The summed E-state index contributed by atoms with van der Waals surface area (Å²) in [5.74, 6) is 0.448. The second-order valence-electron chi connectivity index (χ2n) is 4.62. The fraction of sp³-hybridized carbons (Fsp3) is 0.500. The van der Waals surface area contributed by atoms with E-state index in [9.17, 15) is 9.90 Å². The lowest BCUT2D eigenvalue weighted by Gasteiger charge is -2.06. The summed E-state index contributed by atoms with van der Waals surface area (Å²) in [7, 11) is 0. The predicted octanol–water partition coefficient (Wildman–Crippen LogP) is 1.56. The summed E-state index contributed by atoms with van der Waals surface area (Å²) in [6.07, 6.45) is 4.27. The fourth-order valence-electron chi connectivity index (χ4n) is 1.74. The number of carbonyl (C=O) groups is 1. The van der Waals surface area contributed by atoms with Crippen LogP contribution in [0.3, 0.4) is 0 Å². The van der Waals surface area contributed by atoms with Gasteiger partial charge in [0.1, 0.15) is 11.4 Å². The number of pyridine rings is 1. The zero-order valence-corrected chi connectivity index (χ0v) is 8.94. The third kappa shape index (κ3) is 1.87. The summed E-state index contributed by atoms with van der Waals surface area (Å²) in [5, 5.41) is 12.5. The highest BCUT2D eigenvalue weighted by molar-refractivity contribution is 5.92. The third-order valence-corrected chi connectivity index (χ3v) is 3.01. The highest BCUT2D eigenvalue weighted by Crippen LogP contribution is 2.42. The maximum Gasteiger partial charge on any atom is 0.270 e. The number of rotatable bonds is 3. The first kappa shape index (κ1) is 9.63. The van der Waals surface area contributed by atoms with Crippen LogP contribution >= 0.6 is 0 Å². The molecule has 3 rings (SSSR count). The summed E-state index contributed by atoms with van der Waals surface area (Å²) in [4.78, 5) is 16.0. The molecule has 0 atom stereocenters. The van der Waals surface area contributed by atoms with Crippen LogP contribution in [-0.4, -0.2) is 22.0 Å². The molecule has 0 unspecified atom stereocenters. The van der Waals surface area contributed by atoms with E-state index in [0.29, 0.717) is 23.3 Å². The lowest BCUT2D eigenvalue weighted by molar-refractivity contribution is 0.0946. The first-order chi connectivity index (χ1) is 7.74. The number of aromatic hydroxyl groups is 1. The lowest BCUT2D eigenvalue weighted by Crippen LogP contribution is -2.26. The number of nitrogens with one attached hydrogen (secondary N) is 1. The van der Waals surface area contributed by atoms with Gasteiger partial charge in [0.15, 0.2) is 0 Å². The number of nitrogens with zero attached hydrogens (tertiary/aromatic N) is 1. The zero-order valence-electron chi connectivity index (χ0n) is 8.94. The largest absolute Gasteiger partial charge is 0.506 e. The van der Waals surface area contributed by atoms with Gasteiger partial charge in [0.2, 0.25) is 0 Å². The lowest BCUT2D eigenvalue weighted by atomic mass is 10.2. The molecular formula is C12H14N2O2. The molecule has 2 N–H and O–H groups in total. The molecule has 2 aliphatic carbocycles. The van der Waals surface area contributed by atoms with Gasteiger partial charge in [-0.2, -0.15) is 0 Å². The molecule has 0 saturated heterocycles. The molecule has 4 nitrogen and oxygen atoms in total. The monoisotopic (exact) mass is 218 g/mol.